The second kappa shape index (κ2) is 10.8. The summed E-state index contributed by atoms with van der Waals surface area (Å²) in [6, 6.07) is 8.29. The van der Waals surface area contributed by atoms with E-state index in [-0.39, 0.29) is 39.8 Å². The molecule has 0 N–H and O–H groups in total. The average molecular weight is 560 g/mol. The zero-order valence-corrected chi connectivity index (χ0v) is 21.5. The highest BCUT2D eigenvalue weighted by molar-refractivity contribution is 8.18. The van der Waals surface area contributed by atoms with Gasteiger partial charge in [0.05, 0.1) is 25.0 Å². The van der Waals surface area contributed by atoms with Crippen LogP contribution >= 0.6 is 58.2 Å². The molecule has 2 saturated heterocycles. The number of imide groups is 1. The van der Waals surface area contributed by atoms with Crippen molar-refractivity contribution >= 4 is 81.3 Å². The van der Waals surface area contributed by atoms with E-state index in [9.17, 15) is 14.4 Å². The minimum atomic E-state index is -0.519. The molecule has 2 aromatic rings. The highest BCUT2D eigenvalue weighted by Gasteiger charge is 2.37. The Morgan fingerprint density at radius 2 is 1.65 bits per heavy atom. The van der Waals surface area contributed by atoms with Crippen LogP contribution in [0.25, 0.3) is 6.08 Å². The van der Waals surface area contributed by atoms with Crippen LogP contribution < -0.4 is 4.74 Å². The van der Waals surface area contributed by atoms with E-state index < -0.39 is 11.1 Å². The first-order chi connectivity index (χ1) is 16.2. The van der Waals surface area contributed by atoms with Crippen molar-refractivity contribution in [2.24, 2.45) is 0 Å². The van der Waals surface area contributed by atoms with Crippen LogP contribution in [-0.4, -0.2) is 46.5 Å². The molecule has 2 fully saturated rings. The lowest BCUT2D eigenvalue weighted by Gasteiger charge is -2.18. The van der Waals surface area contributed by atoms with Crippen LogP contribution in [0, 0.1) is 0 Å². The van der Waals surface area contributed by atoms with Crippen molar-refractivity contribution in [2.45, 2.75) is 19.4 Å². The summed E-state index contributed by atoms with van der Waals surface area (Å²) in [6.07, 6.45) is 3.39. The van der Waals surface area contributed by atoms with Crippen LogP contribution in [0.2, 0.25) is 20.1 Å². The van der Waals surface area contributed by atoms with Crippen molar-refractivity contribution in [1.82, 2.24) is 9.80 Å². The lowest BCUT2D eigenvalue weighted by molar-refractivity contribution is -0.135. The van der Waals surface area contributed by atoms with Crippen molar-refractivity contribution in [2.75, 3.05) is 19.6 Å². The first-order valence-corrected chi connectivity index (χ1v) is 12.6. The zero-order valence-electron chi connectivity index (χ0n) is 17.7. The van der Waals surface area contributed by atoms with E-state index in [0.717, 1.165) is 35.1 Å². The van der Waals surface area contributed by atoms with E-state index in [1.54, 1.807) is 35.2 Å². The van der Waals surface area contributed by atoms with E-state index in [1.807, 2.05) is 0 Å². The molecular formula is C23H18Cl4N2O4S. The molecule has 0 spiro atoms. The summed E-state index contributed by atoms with van der Waals surface area (Å²) in [5.74, 6) is -0.471. The molecule has 0 unspecified atom stereocenters. The molecule has 0 aliphatic carbocycles. The largest absolute Gasteiger partial charge is 0.486 e. The number of ether oxygens (including phenoxy) is 1. The number of likely N-dealkylation sites (tertiary alicyclic amines) is 1. The van der Waals surface area contributed by atoms with Crippen LogP contribution in [0.1, 0.15) is 24.0 Å². The van der Waals surface area contributed by atoms with Gasteiger partial charge in [-0.1, -0.05) is 52.5 Å². The molecule has 0 atom stereocenters. The van der Waals surface area contributed by atoms with Gasteiger partial charge in [0.15, 0.2) is 5.75 Å². The maximum Gasteiger partial charge on any atom is 0.294 e. The monoisotopic (exact) mass is 558 g/mol. The first-order valence-electron chi connectivity index (χ1n) is 10.3. The standard InChI is InChI=1S/C23H18Cl4N2O4S/c24-15-4-3-13(7-16(15)25)12-33-21-17(26)8-14(9-18(21)27)10-19-22(31)29(23(32)34-19)11-20(30)28-5-1-2-6-28/h3-4,7-10H,1-2,5-6,11-12H2/b19-10+. The smallest absolute Gasteiger partial charge is 0.294 e. The Labute approximate surface area is 220 Å². The first kappa shape index (κ1) is 25.2. The van der Waals surface area contributed by atoms with Gasteiger partial charge in [0.2, 0.25) is 5.91 Å². The summed E-state index contributed by atoms with van der Waals surface area (Å²) in [6.45, 7) is 1.22. The van der Waals surface area contributed by atoms with Gasteiger partial charge in [-0.3, -0.25) is 19.3 Å². The van der Waals surface area contributed by atoms with Gasteiger partial charge in [-0.05, 0) is 66.1 Å². The highest BCUT2D eigenvalue weighted by Crippen LogP contribution is 2.38. The summed E-state index contributed by atoms with van der Waals surface area (Å²) in [5, 5.41) is 0.842. The number of hydrogen-bond donors (Lipinski definition) is 0. The third-order valence-electron chi connectivity index (χ3n) is 5.31. The summed E-state index contributed by atoms with van der Waals surface area (Å²) >= 11 is 25.5. The van der Waals surface area contributed by atoms with Gasteiger partial charge < -0.3 is 9.64 Å². The predicted octanol–water partition coefficient (Wildman–Crippen LogP) is 6.54. The van der Waals surface area contributed by atoms with Crippen LogP contribution in [0.4, 0.5) is 4.79 Å². The normalized spacial score (nSPS) is 17.2. The van der Waals surface area contributed by atoms with Gasteiger partial charge in [0, 0.05) is 13.1 Å². The predicted molar refractivity (Wildman–Crippen MR) is 136 cm³/mol. The van der Waals surface area contributed by atoms with Crippen LogP contribution in [-0.2, 0) is 16.2 Å². The molecule has 2 aliphatic rings. The van der Waals surface area contributed by atoms with Gasteiger partial charge in [0.1, 0.15) is 13.2 Å². The molecule has 3 amide bonds. The molecule has 0 radical (unpaired) electrons. The van der Waals surface area contributed by atoms with Gasteiger partial charge in [-0.15, -0.1) is 0 Å². The van der Waals surface area contributed by atoms with Crippen molar-refractivity contribution in [3.05, 3.63) is 66.5 Å². The lowest BCUT2D eigenvalue weighted by Crippen LogP contribution is -2.40. The molecule has 0 aromatic heterocycles. The number of thioether (sulfide) groups is 1. The van der Waals surface area contributed by atoms with E-state index in [4.69, 9.17) is 51.1 Å². The Hall–Kier alpha value is -1.90. The van der Waals surface area contributed by atoms with E-state index >= 15 is 0 Å². The molecule has 0 saturated carbocycles. The van der Waals surface area contributed by atoms with Gasteiger partial charge in [-0.25, -0.2) is 0 Å². The minimum absolute atomic E-state index is 0.166. The maximum absolute atomic E-state index is 12.8. The number of halogens is 4. The second-order valence-electron chi connectivity index (χ2n) is 7.71. The number of carbonyl (C=O) groups excluding carboxylic acids is 3. The number of carbonyl (C=O) groups is 3. The Morgan fingerprint density at radius 1 is 0.971 bits per heavy atom. The fourth-order valence-corrected chi connectivity index (χ4v) is 5.35. The number of hydrogen-bond acceptors (Lipinski definition) is 5. The van der Waals surface area contributed by atoms with Crippen molar-refractivity contribution < 1.29 is 19.1 Å². The minimum Gasteiger partial charge on any atom is -0.486 e. The summed E-state index contributed by atoms with van der Waals surface area (Å²) < 4.78 is 5.76. The number of amides is 3. The SMILES string of the molecule is O=C(CN1C(=O)S/C(=C/c2cc(Cl)c(OCc3ccc(Cl)c(Cl)c3)c(Cl)c2)C1=O)N1CCCC1. The van der Waals surface area contributed by atoms with Crippen LogP contribution in [0.5, 0.6) is 5.75 Å². The van der Waals surface area contributed by atoms with E-state index in [0.29, 0.717) is 28.7 Å². The number of nitrogens with zero attached hydrogens (tertiary/aromatic N) is 2. The summed E-state index contributed by atoms with van der Waals surface area (Å²) in [5.41, 5.74) is 1.30. The van der Waals surface area contributed by atoms with Crippen LogP contribution in [0.15, 0.2) is 35.2 Å². The van der Waals surface area contributed by atoms with E-state index in [1.165, 1.54) is 6.08 Å². The molecule has 2 aromatic carbocycles. The Morgan fingerprint density at radius 3 is 2.29 bits per heavy atom. The quantitative estimate of drug-likeness (QED) is 0.376. The molecule has 2 heterocycles. The fourth-order valence-electron chi connectivity index (χ4n) is 3.58. The fraction of sp³-hybridized carbons (Fsp3) is 0.261. The molecule has 4 rings (SSSR count). The van der Waals surface area contributed by atoms with E-state index in [2.05, 4.69) is 0 Å². The molecule has 11 heteroatoms. The molecule has 178 valence electrons. The number of benzene rings is 2. The van der Waals surface area contributed by atoms with Crippen LogP contribution in [0.3, 0.4) is 0 Å². The van der Waals surface area contributed by atoms with Crippen molar-refractivity contribution in [1.29, 1.82) is 0 Å². The van der Waals surface area contributed by atoms with Crippen molar-refractivity contribution in [3.63, 3.8) is 0 Å². The molecule has 0 bridgehead atoms. The Kier molecular flexibility index (Phi) is 8.00. The molecular weight excluding hydrogens is 542 g/mol. The third kappa shape index (κ3) is 5.66. The maximum atomic E-state index is 12.8. The van der Waals surface area contributed by atoms with Gasteiger partial charge >= 0.3 is 0 Å². The summed E-state index contributed by atoms with van der Waals surface area (Å²) in [4.78, 5) is 40.3. The molecule has 2 aliphatic heterocycles. The molecule has 34 heavy (non-hydrogen) atoms. The zero-order chi connectivity index (χ0) is 24.4. The third-order valence-corrected chi connectivity index (χ3v) is 7.52. The van der Waals surface area contributed by atoms with Gasteiger partial charge in [0.25, 0.3) is 11.1 Å². The number of rotatable bonds is 6. The Balaban J connectivity index is 1.46. The topological polar surface area (TPSA) is 66.9 Å². The average Bonchev–Trinajstić information content (AvgIpc) is 3.41. The summed E-state index contributed by atoms with van der Waals surface area (Å²) in [7, 11) is 0. The Bertz CT molecular complexity index is 1170. The van der Waals surface area contributed by atoms with Crippen molar-refractivity contribution in [3.8, 4) is 5.75 Å². The molecule has 6 nitrogen and oxygen atoms in total. The lowest BCUT2D eigenvalue weighted by atomic mass is 10.2. The highest BCUT2D eigenvalue weighted by atomic mass is 35.5. The second-order valence-corrected chi connectivity index (χ2v) is 10.3. The van der Waals surface area contributed by atoms with Gasteiger partial charge in [-0.2, -0.15) is 0 Å².